The molecule has 5 unspecified atom stereocenters. The molecule has 0 aromatic rings. The van der Waals surface area contributed by atoms with Gasteiger partial charge in [-0.2, -0.15) is 0 Å². The van der Waals surface area contributed by atoms with Crippen molar-refractivity contribution in [2.45, 2.75) is 71.6 Å². The minimum absolute atomic E-state index is 0.193. The standard InChI is InChI=1S/C20H32O3/c1-18-7-3-8-19(2,17(22)23)15(18)6-9-20-10-13(4-5-16(18)20)14(11-20)12-21/h13-16,21H,3-12H2,1-2H3,(H,22,23)/t13?,14?,15?,16?,18-,19-,20?/m0/s1. The Morgan fingerprint density at radius 1 is 1.04 bits per heavy atom. The van der Waals surface area contributed by atoms with Crippen LogP contribution in [0.15, 0.2) is 0 Å². The van der Waals surface area contributed by atoms with E-state index in [1.165, 1.54) is 38.5 Å². The van der Waals surface area contributed by atoms with E-state index < -0.39 is 11.4 Å². The lowest BCUT2D eigenvalue weighted by atomic mass is 9.41. The maximum absolute atomic E-state index is 12.1. The van der Waals surface area contributed by atoms with Gasteiger partial charge < -0.3 is 10.2 Å². The Morgan fingerprint density at radius 2 is 1.83 bits per heavy atom. The van der Waals surface area contributed by atoms with Crippen molar-refractivity contribution < 1.29 is 15.0 Å². The molecule has 2 bridgehead atoms. The van der Waals surface area contributed by atoms with Crippen LogP contribution in [-0.4, -0.2) is 22.8 Å². The van der Waals surface area contributed by atoms with Crippen molar-refractivity contribution in [3.05, 3.63) is 0 Å². The van der Waals surface area contributed by atoms with E-state index in [9.17, 15) is 15.0 Å². The first-order valence-corrected chi connectivity index (χ1v) is 9.70. The summed E-state index contributed by atoms with van der Waals surface area (Å²) in [6, 6.07) is 0. The fourth-order valence-electron chi connectivity index (χ4n) is 8.06. The Balaban J connectivity index is 1.71. The number of carbonyl (C=O) groups is 1. The van der Waals surface area contributed by atoms with E-state index in [0.717, 1.165) is 25.2 Å². The fourth-order valence-corrected chi connectivity index (χ4v) is 8.06. The molecule has 7 atom stereocenters. The summed E-state index contributed by atoms with van der Waals surface area (Å²) in [5.41, 5.74) is 0.0811. The molecule has 3 heteroatoms. The Labute approximate surface area is 139 Å². The number of carboxylic acids is 1. The van der Waals surface area contributed by atoms with E-state index in [-0.39, 0.29) is 5.41 Å². The summed E-state index contributed by atoms with van der Waals surface area (Å²) >= 11 is 0. The Morgan fingerprint density at radius 3 is 2.52 bits per heavy atom. The highest BCUT2D eigenvalue weighted by Gasteiger charge is 2.65. The minimum Gasteiger partial charge on any atom is -0.481 e. The highest BCUT2D eigenvalue weighted by Crippen LogP contribution is 2.72. The molecule has 4 aliphatic rings. The third kappa shape index (κ3) is 1.95. The minimum atomic E-state index is -0.572. The molecular weight excluding hydrogens is 288 g/mol. The zero-order chi connectivity index (χ0) is 16.5. The van der Waals surface area contributed by atoms with Gasteiger partial charge in [0.2, 0.25) is 0 Å². The van der Waals surface area contributed by atoms with Crippen LogP contribution in [0.3, 0.4) is 0 Å². The molecule has 3 nitrogen and oxygen atoms in total. The number of rotatable bonds is 2. The van der Waals surface area contributed by atoms with E-state index in [2.05, 4.69) is 6.92 Å². The van der Waals surface area contributed by atoms with Crippen molar-refractivity contribution in [3.63, 3.8) is 0 Å². The van der Waals surface area contributed by atoms with Crippen molar-refractivity contribution in [2.24, 2.45) is 39.9 Å². The van der Waals surface area contributed by atoms with Crippen LogP contribution < -0.4 is 0 Å². The first-order valence-electron chi connectivity index (χ1n) is 9.70. The van der Waals surface area contributed by atoms with Gasteiger partial charge in [-0.3, -0.25) is 4.79 Å². The molecule has 0 amide bonds. The van der Waals surface area contributed by atoms with E-state index in [4.69, 9.17) is 0 Å². The van der Waals surface area contributed by atoms with Gasteiger partial charge in [0, 0.05) is 6.61 Å². The van der Waals surface area contributed by atoms with Crippen molar-refractivity contribution in [3.8, 4) is 0 Å². The van der Waals surface area contributed by atoms with Crippen LogP contribution in [0.4, 0.5) is 0 Å². The number of aliphatic carboxylic acids is 1. The highest BCUT2D eigenvalue weighted by atomic mass is 16.4. The number of aliphatic hydroxyl groups is 1. The first kappa shape index (κ1) is 15.9. The molecular formula is C20H32O3. The van der Waals surface area contributed by atoms with Crippen molar-refractivity contribution >= 4 is 5.97 Å². The number of hydrogen-bond acceptors (Lipinski definition) is 2. The summed E-state index contributed by atoms with van der Waals surface area (Å²) < 4.78 is 0. The molecule has 4 aliphatic carbocycles. The normalized spacial score (nSPS) is 55.1. The monoisotopic (exact) mass is 320 g/mol. The average molecular weight is 320 g/mol. The lowest BCUT2D eigenvalue weighted by Crippen LogP contribution is -2.58. The molecule has 4 rings (SSSR count). The van der Waals surface area contributed by atoms with Crippen LogP contribution in [0, 0.1) is 39.9 Å². The quantitative estimate of drug-likeness (QED) is 0.805. The zero-order valence-corrected chi connectivity index (χ0v) is 14.7. The molecule has 130 valence electrons. The first-order chi connectivity index (χ1) is 10.9. The second-order valence-corrected chi connectivity index (χ2v) is 9.78. The van der Waals surface area contributed by atoms with Crippen molar-refractivity contribution in [1.82, 2.24) is 0 Å². The van der Waals surface area contributed by atoms with Gasteiger partial charge in [-0.05, 0) is 92.8 Å². The summed E-state index contributed by atoms with van der Waals surface area (Å²) in [5, 5.41) is 19.7. The second-order valence-electron chi connectivity index (χ2n) is 9.78. The van der Waals surface area contributed by atoms with Gasteiger partial charge >= 0.3 is 5.97 Å². The molecule has 1 spiro atoms. The maximum Gasteiger partial charge on any atom is 0.309 e. The van der Waals surface area contributed by atoms with E-state index >= 15 is 0 Å². The largest absolute Gasteiger partial charge is 0.481 e. The predicted octanol–water partition coefficient (Wildman–Crippen LogP) is 4.09. The van der Waals surface area contributed by atoms with Crippen molar-refractivity contribution in [1.29, 1.82) is 0 Å². The topological polar surface area (TPSA) is 57.5 Å². The number of carboxylic acid groups (broad SMARTS) is 1. The van der Waals surface area contributed by atoms with E-state index in [1.54, 1.807) is 0 Å². The zero-order valence-electron chi connectivity index (χ0n) is 14.7. The third-order valence-electron chi connectivity index (χ3n) is 9.00. The van der Waals surface area contributed by atoms with Crippen LogP contribution >= 0.6 is 0 Å². The highest BCUT2D eigenvalue weighted by molar-refractivity contribution is 5.75. The van der Waals surface area contributed by atoms with Gasteiger partial charge in [-0.15, -0.1) is 0 Å². The van der Waals surface area contributed by atoms with Crippen LogP contribution in [0.1, 0.15) is 71.6 Å². The van der Waals surface area contributed by atoms with Gasteiger partial charge in [-0.1, -0.05) is 13.3 Å². The summed E-state index contributed by atoms with van der Waals surface area (Å²) in [5.74, 6) is 1.68. The summed E-state index contributed by atoms with van der Waals surface area (Å²) in [4.78, 5) is 12.1. The number of aliphatic hydroxyl groups excluding tert-OH is 1. The molecule has 4 saturated carbocycles. The van der Waals surface area contributed by atoms with Crippen molar-refractivity contribution in [2.75, 3.05) is 6.61 Å². The smallest absolute Gasteiger partial charge is 0.309 e. The van der Waals surface area contributed by atoms with Gasteiger partial charge in [0.25, 0.3) is 0 Å². The number of fused-ring (bicyclic) bond motifs is 3. The Bertz CT molecular complexity index is 517. The molecule has 0 saturated heterocycles. The second kappa shape index (κ2) is 4.97. The van der Waals surface area contributed by atoms with E-state index in [1.807, 2.05) is 6.92 Å². The molecule has 23 heavy (non-hydrogen) atoms. The SMILES string of the molecule is C[C@]12CCC[C@](C)(C(=O)O)C1CCC13CC(CO)C(CCC12)C3. The summed E-state index contributed by atoms with van der Waals surface area (Å²) in [6.07, 6.45) is 10.4. The predicted molar refractivity (Wildman–Crippen MR) is 88.9 cm³/mol. The fraction of sp³-hybridized carbons (Fsp3) is 0.950. The molecule has 0 aromatic carbocycles. The lowest BCUT2D eigenvalue weighted by Gasteiger charge is -2.63. The molecule has 2 N–H and O–H groups in total. The van der Waals surface area contributed by atoms with Crippen LogP contribution in [0.25, 0.3) is 0 Å². The van der Waals surface area contributed by atoms with Gasteiger partial charge in [0.1, 0.15) is 0 Å². The number of hydrogen-bond donors (Lipinski definition) is 2. The summed E-state index contributed by atoms with van der Waals surface area (Å²) in [7, 11) is 0. The van der Waals surface area contributed by atoms with Gasteiger partial charge in [0.15, 0.2) is 0 Å². The van der Waals surface area contributed by atoms with Crippen LogP contribution in [0.2, 0.25) is 0 Å². The molecule has 0 aliphatic heterocycles. The average Bonchev–Trinajstić information content (AvgIpc) is 2.77. The third-order valence-corrected chi connectivity index (χ3v) is 9.00. The lowest BCUT2D eigenvalue weighted by molar-refractivity contribution is -0.181. The van der Waals surface area contributed by atoms with Gasteiger partial charge in [0.05, 0.1) is 5.41 Å². The molecule has 0 aromatic heterocycles. The molecule has 4 fully saturated rings. The molecule has 0 radical (unpaired) electrons. The molecule has 0 heterocycles. The Kier molecular flexibility index (Phi) is 3.44. The Hall–Kier alpha value is -0.570. The maximum atomic E-state index is 12.1. The summed E-state index contributed by atoms with van der Waals surface area (Å²) in [6.45, 7) is 4.80. The van der Waals surface area contributed by atoms with Crippen LogP contribution in [-0.2, 0) is 4.79 Å². The van der Waals surface area contributed by atoms with Crippen LogP contribution in [0.5, 0.6) is 0 Å². The van der Waals surface area contributed by atoms with Gasteiger partial charge in [-0.25, -0.2) is 0 Å². The van der Waals surface area contributed by atoms with E-state index in [0.29, 0.717) is 29.8 Å².